The van der Waals surface area contributed by atoms with Gasteiger partial charge in [0.05, 0.1) is 5.56 Å². The van der Waals surface area contributed by atoms with E-state index in [9.17, 15) is 14.0 Å². The fraction of sp³-hybridized carbons (Fsp3) is 0. The predicted molar refractivity (Wildman–Crippen MR) is 65.5 cm³/mol. The number of carboxylic acids is 1. The Hall–Kier alpha value is -2.76. The summed E-state index contributed by atoms with van der Waals surface area (Å²) in [6.45, 7) is 0. The number of nitrogens with zero attached hydrogens (tertiary/aromatic N) is 1. The molecule has 0 aliphatic carbocycles. The fourth-order valence-corrected chi connectivity index (χ4v) is 1.42. The highest BCUT2D eigenvalue weighted by molar-refractivity contribution is 6.04. The van der Waals surface area contributed by atoms with Crippen LogP contribution < -0.4 is 5.32 Å². The molecule has 2 aromatic rings. The van der Waals surface area contributed by atoms with Crippen LogP contribution in [0.15, 0.2) is 42.6 Å². The summed E-state index contributed by atoms with van der Waals surface area (Å²) in [6, 6.07) is 8.01. The maximum atomic E-state index is 12.9. The molecule has 0 aliphatic heterocycles. The first-order valence-electron chi connectivity index (χ1n) is 5.32. The van der Waals surface area contributed by atoms with Gasteiger partial charge in [-0.25, -0.2) is 14.2 Å². The van der Waals surface area contributed by atoms with Crippen molar-refractivity contribution < 1.29 is 19.1 Å². The molecule has 2 rings (SSSR count). The molecule has 0 fully saturated rings. The van der Waals surface area contributed by atoms with Crippen LogP contribution >= 0.6 is 0 Å². The first-order valence-corrected chi connectivity index (χ1v) is 5.32. The fourth-order valence-electron chi connectivity index (χ4n) is 1.42. The van der Waals surface area contributed by atoms with E-state index >= 15 is 0 Å². The SMILES string of the molecule is O=C(Nc1cccc(F)c1)c1ccc(C(=O)O)nc1. The Morgan fingerprint density at radius 2 is 2.00 bits per heavy atom. The van der Waals surface area contributed by atoms with Crippen molar-refractivity contribution in [1.82, 2.24) is 4.98 Å². The number of carbonyl (C=O) groups is 2. The molecule has 1 aromatic carbocycles. The second-order valence-electron chi connectivity index (χ2n) is 3.70. The number of anilines is 1. The molecule has 0 aliphatic rings. The molecule has 0 radical (unpaired) electrons. The van der Waals surface area contributed by atoms with Crippen molar-refractivity contribution in [3.05, 3.63) is 59.7 Å². The summed E-state index contributed by atoms with van der Waals surface area (Å²) >= 11 is 0. The molecule has 0 atom stereocenters. The van der Waals surface area contributed by atoms with Crippen LogP contribution in [0.3, 0.4) is 0 Å². The van der Waals surface area contributed by atoms with Crippen molar-refractivity contribution in [3.8, 4) is 0 Å². The maximum absolute atomic E-state index is 12.9. The highest BCUT2D eigenvalue weighted by Gasteiger charge is 2.09. The molecule has 0 saturated heterocycles. The molecule has 5 nitrogen and oxygen atoms in total. The van der Waals surface area contributed by atoms with Gasteiger partial charge in [-0.1, -0.05) is 6.07 Å². The summed E-state index contributed by atoms with van der Waals surface area (Å²) in [5.41, 5.74) is 0.351. The van der Waals surface area contributed by atoms with Gasteiger partial charge >= 0.3 is 5.97 Å². The topological polar surface area (TPSA) is 79.3 Å². The number of benzene rings is 1. The molecular weight excluding hydrogens is 251 g/mol. The molecule has 96 valence electrons. The number of aromatic carboxylic acids is 1. The van der Waals surface area contributed by atoms with Crippen molar-refractivity contribution in [2.24, 2.45) is 0 Å². The van der Waals surface area contributed by atoms with Gasteiger partial charge in [-0.2, -0.15) is 0 Å². The lowest BCUT2D eigenvalue weighted by Crippen LogP contribution is -2.13. The highest BCUT2D eigenvalue weighted by atomic mass is 19.1. The average Bonchev–Trinajstić information content (AvgIpc) is 2.39. The van der Waals surface area contributed by atoms with Gasteiger partial charge in [-0.3, -0.25) is 4.79 Å². The van der Waals surface area contributed by atoms with Crippen LogP contribution in [0.1, 0.15) is 20.8 Å². The third-order valence-corrected chi connectivity index (χ3v) is 2.33. The number of carboxylic acid groups (broad SMARTS) is 1. The Morgan fingerprint density at radius 1 is 1.21 bits per heavy atom. The number of nitrogens with one attached hydrogen (secondary N) is 1. The van der Waals surface area contributed by atoms with Gasteiger partial charge in [0.1, 0.15) is 11.5 Å². The van der Waals surface area contributed by atoms with Crippen LogP contribution in [0.25, 0.3) is 0 Å². The van der Waals surface area contributed by atoms with Gasteiger partial charge in [-0.05, 0) is 30.3 Å². The first kappa shape index (κ1) is 12.7. The zero-order chi connectivity index (χ0) is 13.8. The monoisotopic (exact) mass is 260 g/mol. The molecule has 1 amide bonds. The van der Waals surface area contributed by atoms with Crippen LogP contribution in [0.4, 0.5) is 10.1 Å². The minimum atomic E-state index is -1.17. The summed E-state index contributed by atoms with van der Waals surface area (Å²) in [7, 11) is 0. The predicted octanol–water partition coefficient (Wildman–Crippen LogP) is 2.17. The maximum Gasteiger partial charge on any atom is 0.354 e. The highest BCUT2D eigenvalue weighted by Crippen LogP contribution is 2.11. The number of hydrogen-bond donors (Lipinski definition) is 2. The van der Waals surface area contributed by atoms with Crippen molar-refractivity contribution in [3.63, 3.8) is 0 Å². The summed E-state index contributed by atoms with van der Waals surface area (Å²) in [5.74, 6) is -2.12. The standard InChI is InChI=1S/C13H9FN2O3/c14-9-2-1-3-10(6-9)16-12(17)8-4-5-11(13(18)19)15-7-8/h1-7H,(H,16,17)(H,18,19). The van der Waals surface area contributed by atoms with E-state index in [1.54, 1.807) is 6.07 Å². The van der Waals surface area contributed by atoms with Crippen molar-refractivity contribution in [2.75, 3.05) is 5.32 Å². The summed E-state index contributed by atoms with van der Waals surface area (Å²) in [6.07, 6.45) is 1.15. The number of aromatic nitrogens is 1. The zero-order valence-corrected chi connectivity index (χ0v) is 9.63. The smallest absolute Gasteiger partial charge is 0.354 e. The van der Waals surface area contributed by atoms with Crippen molar-refractivity contribution >= 4 is 17.6 Å². The number of amides is 1. The van der Waals surface area contributed by atoms with Crippen LogP contribution in [-0.4, -0.2) is 22.0 Å². The second-order valence-corrected chi connectivity index (χ2v) is 3.70. The third-order valence-electron chi connectivity index (χ3n) is 2.33. The first-order chi connectivity index (χ1) is 9.06. The van der Waals surface area contributed by atoms with Crippen LogP contribution in [0, 0.1) is 5.82 Å². The van der Waals surface area contributed by atoms with E-state index in [2.05, 4.69) is 10.3 Å². The lowest BCUT2D eigenvalue weighted by molar-refractivity contribution is 0.0690. The van der Waals surface area contributed by atoms with E-state index < -0.39 is 17.7 Å². The van der Waals surface area contributed by atoms with E-state index in [0.29, 0.717) is 5.69 Å². The zero-order valence-electron chi connectivity index (χ0n) is 9.63. The van der Waals surface area contributed by atoms with Crippen LogP contribution in [-0.2, 0) is 0 Å². The Bertz CT molecular complexity index is 626. The Balaban J connectivity index is 2.14. The van der Waals surface area contributed by atoms with Gasteiger partial charge in [0.15, 0.2) is 0 Å². The lowest BCUT2D eigenvalue weighted by Gasteiger charge is -2.05. The minimum absolute atomic E-state index is 0.151. The molecule has 0 bridgehead atoms. The number of carbonyl (C=O) groups excluding carboxylic acids is 1. The molecule has 0 saturated carbocycles. The molecule has 1 aromatic heterocycles. The lowest BCUT2D eigenvalue weighted by atomic mass is 10.2. The van der Waals surface area contributed by atoms with Gasteiger partial charge < -0.3 is 10.4 Å². The summed E-state index contributed by atoms with van der Waals surface area (Å²) < 4.78 is 12.9. The minimum Gasteiger partial charge on any atom is -0.477 e. The molecular formula is C13H9FN2O3. The Morgan fingerprint density at radius 3 is 2.58 bits per heavy atom. The number of rotatable bonds is 3. The summed E-state index contributed by atoms with van der Waals surface area (Å²) in [4.78, 5) is 26.0. The van der Waals surface area contributed by atoms with Gasteiger partial charge in [0.25, 0.3) is 5.91 Å². The summed E-state index contributed by atoms with van der Waals surface area (Å²) in [5, 5.41) is 11.2. The number of halogens is 1. The average molecular weight is 260 g/mol. The number of pyridine rings is 1. The van der Waals surface area contributed by atoms with E-state index in [-0.39, 0.29) is 11.3 Å². The van der Waals surface area contributed by atoms with Crippen molar-refractivity contribution in [1.29, 1.82) is 0 Å². The molecule has 0 spiro atoms. The van der Waals surface area contributed by atoms with E-state index in [4.69, 9.17) is 5.11 Å². The molecule has 1 heterocycles. The van der Waals surface area contributed by atoms with E-state index in [1.807, 2.05) is 0 Å². The second kappa shape index (κ2) is 5.26. The normalized spacial score (nSPS) is 9.95. The van der Waals surface area contributed by atoms with Crippen LogP contribution in [0.2, 0.25) is 0 Å². The largest absolute Gasteiger partial charge is 0.477 e. The van der Waals surface area contributed by atoms with Gasteiger partial charge in [0, 0.05) is 11.9 Å². The van der Waals surface area contributed by atoms with E-state index in [1.165, 1.54) is 30.3 Å². The molecule has 19 heavy (non-hydrogen) atoms. The Kier molecular flexibility index (Phi) is 3.51. The third kappa shape index (κ3) is 3.12. The molecule has 6 heteroatoms. The van der Waals surface area contributed by atoms with Gasteiger partial charge in [-0.15, -0.1) is 0 Å². The Labute approximate surface area is 107 Å². The number of hydrogen-bond acceptors (Lipinski definition) is 3. The van der Waals surface area contributed by atoms with Crippen LogP contribution in [0.5, 0.6) is 0 Å². The molecule has 0 unspecified atom stereocenters. The van der Waals surface area contributed by atoms with E-state index in [0.717, 1.165) is 6.20 Å². The quantitative estimate of drug-likeness (QED) is 0.886. The van der Waals surface area contributed by atoms with Crippen molar-refractivity contribution in [2.45, 2.75) is 0 Å². The molecule has 2 N–H and O–H groups in total. The van der Waals surface area contributed by atoms with Gasteiger partial charge in [0.2, 0.25) is 0 Å².